The van der Waals surface area contributed by atoms with Crippen LogP contribution in [0.4, 0.5) is 0 Å². The summed E-state index contributed by atoms with van der Waals surface area (Å²) in [6, 6.07) is 13.6. The van der Waals surface area contributed by atoms with Crippen molar-refractivity contribution < 1.29 is 0 Å². The zero-order valence-electron chi connectivity index (χ0n) is 9.37. The van der Waals surface area contributed by atoms with E-state index in [-0.39, 0.29) is 0 Å². The van der Waals surface area contributed by atoms with Crippen LogP contribution < -0.4 is 0 Å². The molecule has 1 unspecified atom stereocenters. The summed E-state index contributed by atoms with van der Waals surface area (Å²) in [5, 5.41) is 0. The summed E-state index contributed by atoms with van der Waals surface area (Å²) < 4.78 is 0. The molecule has 1 aliphatic carbocycles. The van der Waals surface area contributed by atoms with E-state index in [0.717, 1.165) is 5.54 Å². The lowest BCUT2D eigenvalue weighted by atomic mass is 10.1. The lowest BCUT2D eigenvalue weighted by molar-refractivity contribution is 0.833. The largest absolute Gasteiger partial charge is 0.0791 e. The predicted octanol–water partition coefficient (Wildman–Crippen LogP) is 4.21. The van der Waals surface area contributed by atoms with E-state index in [2.05, 4.69) is 43.3 Å². The van der Waals surface area contributed by atoms with Gasteiger partial charge in [0.1, 0.15) is 0 Å². The Morgan fingerprint density at radius 3 is 2.73 bits per heavy atom. The fourth-order valence-corrected chi connectivity index (χ4v) is 7.76. The average Bonchev–Trinajstić information content (AvgIpc) is 2.62. The third-order valence-electron chi connectivity index (χ3n) is 4.51. The summed E-state index contributed by atoms with van der Waals surface area (Å²) >= 11 is 0. The highest BCUT2D eigenvalue weighted by molar-refractivity contribution is 6.84. The van der Waals surface area contributed by atoms with Gasteiger partial charge in [-0.05, 0) is 16.7 Å². The first-order chi connectivity index (χ1) is 7.36. The normalized spacial score (nSPS) is 26.1. The minimum atomic E-state index is -0.922. The number of hydrogen-bond acceptors (Lipinski definition) is 0. The Balaban J connectivity index is 2.00. The van der Waals surface area contributed by atoms with E-state index in [0.29, 0.717) is 0 Å². The highest BCUT2D eigenvalue weighted by Gasteiger charge is 2.45. The van der Waals surface area contributed by atoms with Gasteiger partial charge in [0.15, 0.2) is 0 Å². The Bertz CT molecular complexity index is 396. The molecule has 0 N–H and O–H groups in total. The Morgan fingerprint density at radius 2 is 2.07 bits per heavy atom. The van der Waals surface area contributed by atoms with Crippen LogP contribution in [-0.4, -0.2) is 8.07 Å². The molecule has 0 amide bonds. The summed E-state index contributed by atoms with van der Waals surface area (Å²) in [5.74, 6) is 0. The molecule has 1 aromatic rings. The first-order valence-electron chi connectivity index (χ1n) is 6.13. The third-order valence-corrected chi connectivity index (χ3v) is 10.4. The molecule has 78 valence electrons. The fraction of sp³-hybridized carbons (Fsp3) is 0.429. The van der Waals surface area contributed by atoms with E-state index >= 15 is 0 Å². The molecule has 2 aliphatic rings. The lowest BCUT2D eigenvalue weighted by Gasteiger charge is -2.44. The molecule has 1 aliphatic heterocycles. The van der Waals surface area contributed by atoms with Crippen LogP contribution in [0.15, 0.2) is 30.3 Å². The molecular formula is C14H18Si. The molecule has 15 heavy (non-hydrogen) atoms. The van der Waals surface area contributed by atoms with Crippen molar-refractivity contribution in [1.82, 2.24) is 0 Å². The molecule has 0 bridgehead atoms. The van der Waals surface area contributed by atoms with Gasteiger partial charge in [-0.2, -0.15) is 0 Å². The maximum absolute atomic E-state index is 2.50. The van der Waals surface area contributed by atoms with Crippen LogP contribution in [0.1, 0.15) is 30.0 Å². The second-order valence-electron chi connectivity index (χ2n) is 5.04. The van der Waals surface area contributed by atoms with Crippen LogP contribution in [0.2, 0.25) is 18.1 Å². The van der Waals surface area contributed by atoms with Gasteiger partial charge in [-0.3, -0.25) is 0 Å². The Morgan fingerprint density at radius 1 is 1.27 bits per heavy atom. The third kappa shape index (κ3) is 1.26. The smallest absolute Gasteiger partial charge is 0.0654 e. The zero-order chi connectivity index (χ0) is 10.3. The summed E-state index contributed by atoms with van der Waals surface area (Å²) in [6.07, 6.45) is 6.34. The van der Waals surface area contributed by atoms with E-state index in [1.807, 2.05) is 0 Å². The highest BCUT2D eigenvalue weighted by Crippen LogP contribution is 2.49. The van der Waals surface area contributed by atoms with Gasteiger partial charge >= 0.3 is 0 Å². The van der Waals surface area contributed by atoms with Crippen LogP contribution in [-0.2, 0) is 0 Å². The fourth-order valence-electron chi connectivity index (χ4n) is 3.30. The Labute approximate surface area is 93.0 Å². The van der Waals surface area contributed by atoms with Gasteiger partial charge in [0.05, 0.1) is 8.07 Å². The maximum Gasteiger partial charge on any atom is 0.0654 e. The quantitative estimate of drug-likeness (QED) is 0.647. The molecule has 1 fully saturated rings. The molecule has 1 saturated heterocycles. The van der Waals surface area contributed by atoms with Crippen LogP contribution >= 0.6 is 0 Å². The summed E-state index contributed by atoms with van der Waals surface area (Å²) in [6.45, 7) is 2.42. The molecule has 1 atom stereocenters. The van der Waals surface area contributed by atoms with Crippen molar-refractivity contribution in [2.24, 2.45) is 0 Å². The van der Waals surface area contributed by atoms with Crippen molar-refractivity contribution >= 4 is 14.1 Å². The van der Waals surface area contributed by atoms with Crippen molar-refractivity contribution in [2.75, 3.05) is 0 Å². The Hall–Kier alpha value is -0.823. The highest BCUT2D eigenvalue weighted by atomic mass is 28.3. The zero-order valence-corrected chi connectivity index (χ0v) is 10.4. The van der Waals surface area contributed by atoms with Crippen LogP contribution in [0, 0.1) is 0 Å². The van der Waals surface area contributed by atoms with Crippen LogP contribution in [0.25, 0.3) is 6.08 Å². The van der Waals surface area contributed by atoms with Gasteiger partial charge in [-0.15, -0.1) is 0 Å². The SMILES string of the molecule is CC[Si]1(C2C=Cc3ccccc32)CCC1. The minimum absolute atomic E-state index is 0.840. The minimum Gasteiger partial charge on any atom is -0.0791 e. The standard InChI is InChI=1S/C14H18Si/c1-2-15(10-5-11-15)14-9-8-12-6-3-4-7-13(12)14/h3-4,6-9,14H,2,5,10-11H2,1H3. The molecule has 0 radical (unpaired) electrons. The van der Waals surface area contributed by atoms with Crippen molar-refractivity contribution in [2.45, 2.75) is 37.0 Å². The van der Waals surface area contributed by atoms with Crippen molar-refractivity contribution in [3.8, 4) is 0 Å². The second kappa shape index (κ2) is 3.34. The summed E-state index contributed by atoms with van der Waals surface area (Å²) in [5.41, 5.74) is 3.95. The van der Waals surface area contributed by atoms with E-state index < -0.39 is 8.07 Å². The van der Waals surface area contributed by atoms with Crippen molar-refractivity contribution in [3.63, 3.8) is 0 Å². The van der Waals surface area contributed by atoms with Gasteiger partial charge < -0.3 is 0 Å². The number of fused-ring (bicyclic) bond motifs is 1. The molecule has 1 heteroatoms. The number of benzene rings is 1. The van der Waals surface area contributed by atoms with E-state index in [4.69, 9.17) is 0 Å². The first-order valence-corrected chi connectivity index (χ1v) is 8.83. The molecule has 0 aromatic heterocycles. The van der Waals surface area contributed by atoms with Crippen LogP contribution in [0.3, 0.4) is 0 Å². The molecule has 0 nitrogen and oxygen atoms in total. The van der Waals surface area contributed by atoms with Gasteiger partial charge in [0.25, 0.3) is 0 Å². The molecular weight excluding hydrogens is 196 g/mol. The predicted molar refractivity (Wildman–Crippen MR) is 68.7 cm³/mol. The first kappa shape index (κ1) is 9.41. The molecule has 3 rings (SSSR count). The van der Waals surface area contributed by atoms with Gasteiger partial charge in [-0.25, -0.2) is 0 Å². The monoisotopic (exact) mass is 214 g/mol. The number of rotatable bonds is 2. The van der Waals surface area contributed by atoms with Crippen LogP contribution in [0.5, 0.6) is 0 Å². The lowest BCUT2D eigenvalue weighted by Crippen LogP contribution is -2.46. The van der Waals surface area contributed by atoms with Gasteiger partial charge in [0, 0.05) is 0 Å². The van der Waals surface area contributed by atoms with Crippen molar-refractivity contribution in [1.29, 1.82) is 0 Å². The molecule has 1 aromatic carbocycles. The van der Waals surface area contributed by atoms with Gasteiger partial charge in [-0.1, -0.05) is 67.9 Å². The maximum atomic E-state index is 2.50. The molecule has 0 spiro atoms. The summed E-state index contributed by atoms with van der Waals surface area (Å²) in [4.78, 5) is 0. The topological polar surface area (TPSA) is 0 Å². The van der Waals surface area contributed by atoms with E-state index in [1.54, 1.807) is 17.7 Å². The molecule has 1 heterocycles. The molecule has 0 saturated carbocycles. The summed E-state index contributed by atoms with van der Waals surface area (Å²) in [7, 11) is -0.922. The van der Waals surface area contributed by atoms with E-state index in [1.165, 1.54) is 18.0 Å². The van der Waals surface area contributed by atoms with E-state index in [9.17, 15) is 0 Å². The van der Waals surface area contributed by atoms with Crippen molar-refractivity contribution in [3.05, 3.63) is 41.5 Å². The average molecular weight is 214 g/mol. The van der Waals surface area contributed by atoms with Gasteiger partial charge in [0.2, 0.25) is 0 Å². The number of hydrogen-bond donors (Lipinski definition) is 0. The Kier molecular flexibility index (Phi) is 2.10. The number of allylic oxidation sites excluding steroid dienone is 1. The second-order valence-corrected chi connectivity index (χ2v) is 10.1.